The monoisotopic (exact) mass is 322 g/mol. The maximum Gasteiger partial charge on any atom is 0.158 e. The normalized spacial score (nSPS) is 12.8. The minimum absolute atomic E-state index is 0.263. The quantitative estimate of drug-likeness (QED) is 0.198. The van der Waals surface area contributed by atoms with Gasteiger partial charge in [0, 0.05) is 5.92 Å². The van der Waals surface area contributed by atoms with Gasteiger partial charge in [0.25, 0.3) is 0 Å². The Morgan fingerprint density at radius 3 is 1.57 bits per heavy atom. The first-order valence-corrected chi connectivity index (χ1v) is 10.4. The summed E-state index contributed by atoms with van der Waals surface area (Å²) in [7, 11) is 0. The molecule has 0 bridgehead atoms. The summed E-state index contributed by atoms with van der Waals surface area (Å²) in [5.41, 5.74) is 0. The van der Waals surface area contributed by atoms with E-state index in [1.165, 1.54) is 83.5 Å². The molecule has 0 N–H and O–H groups in total. The third kappa shape index (κ3) is 14.7. The summed E-state index contributed by atoms with van der Waals surface area (Å²) in [4.78, 5) is 11.8. The smallest absolute Gasteiger partial charge is 0.158 e. The van der Waals surface area contributed by atoms with E-state index in [4.69, 9.17) is 0 Å². The minimum atomic E-state index is 0.263. The lowest BCUT2D eigenvalue weighted by atomic mass is 9.93. The molecule has 0 radical (unpaired) electrons. The van der Waals surface area contributed by atoms with Crippen molar-refractivity contribution in [3.8, 4) is 0 Å². The Hall–Kier alpha value is -0.590. The summed E-state index contributed by atoms with van der Waals surface area (Å²) in [5.74, 6) is 0.591. The third-order valence-corrected chi connectivity index (χ3v) is 4.88. The summed E-state index contributed by atoms with van der Waals surface area (Å²) in [6, 6.07) is 0. The molecule has 0 fully saturated rings. The van der Waals surface area contributed by atoms with E-state index in [0.29, 0.717) is 5.78 Å². The number of allylic oxidation sites excluding steroid dienone is 2. The molecule has 0 saturated carbocycles. The number of hydrogen-bond acceptors (Lipinski definition) is 1. The molecule has 0 aliphatic heterocycles. The Bertz CT molecular complexity index is 280. The average Bonchev–Trinajstić information content (AvgIpc) is 2.55. The van der Waals surface area contributed by atoms with Gasteiger partial charge in [-0.05, 0) is 25.8 Å². The number of ketones is 1. The van der Waals surface area contributed by atoms with Gasteiger partial charge >= 0.3 is 0 Å². The highest BCUT2D eigenvalue weighted by atomic mass is 16.1. The first-order chi connectivity index (χ1) is 11.3. The molecule has 0 spiro atoms. The molecule has 0 heterocycles. The Labute approximate surface area is 146 Å². The van der Waals surface area contributed by atoms with Crippen molar-refractivity contribution in [3.05, 3.63) is 12.2 Å². The van der Waals surface area contributed by atoms with Crippen LogP contribution in [0.3, 0.4) is 0 Å². The molecule has 136 valence electrons. The van der Waals surface area contributed by atoms with Gasteiger partial charge in [0.1, 0.15) is 0 Å². The van der Waals surface area contributed by atoms with Crippen LogP contribution in [0.15, 0.2) is 12.2 Å². The molecular weight excluding hydrogens is 280 g/mol. The van der Waals surface area contributed by atoms with Gasteiger partial charge in [-0.3, -0.25) is 4.79 Å². The number of hydrogen-bond donors (Lipinski definition) is 0. The molecule has 0 saturated heterocycles. The van der Waals surface area contributed by atoms with Crippen LogP contribution in [-0.4, -0.2) is 5.78 Å². The largest absolute Gasteiger partial charge is 0.295 e. The van der Waals surface area contributed by atoms with Crippen LogP contribution in [0.1, 0.15) is 117 Å². The van der Waals surface area contributed by atoms with Crippen molar-refractivity contribution in [2.75, 3.05) is 0 Å². The first kappa shape index (κ1) is 22.4. The van der Waals surface area contributed by atoms with E-state index in [0.717, 1.165) is 12.8 Å². The summed E-state index contributed by atoms with van der Waals surface area (Å²) in [6.07, 6.45) is 23.7. The molecule has 0 aromatic carbocycles. The van der Waals surface area contributed by atoms with E-state index in [9.17, 15) is 4.79 Å². The maximum absolute atomic E-state index is 11.8. The van der Waals surface area contributed by atoms with E-state index in [1.807, 2.05) is 13.0 Å². The fraction of sp³-hybridized carbons (Fsp3) is 0.864. The molecule has 0 rings (SSSR count). The second-order valence-corrected chi connectivity index (χ2v) is 7.04. The average molecular weight is 323 g/mol. The number of carbonyl (C=O) groups is 1. The van der Waals surface area contributed by atoms with E-state index < -0.39 is 0 Å². The standard InChI is InChI=1S/C22H42O/c1-4-7-8-9-10-11-12-13-14-15-16-17-18-20-21(6-3)22(23)19-5-2/h5,19,21H,4,6-18,20H2,1-3H3. The van der Waals surface area contributed by atoms with Gasteiger partial charge < -0.3 is 0 Å². The van der Waals surface area contributed by atoms with Crippen molar-refractivity contribution < 1.29 is 4.79 Å². The van der Waals surface area contributed by atoms with Crippen molar-refractivity contribution in [3.63, 3.8) is 0 Å². The van der Waals surface area contributed by atoms with Crippen LogP contribution < -0.4 is 0 Å². The first-order valence-electron chi connectivity index (χ1n) is 10.4. The zero-order chi connectivity index (χ0) is 17.2. The Balaban J connectivity index is 3.31. The molecule has 0 aromatic heterocycles. The second-order valence-electron chi connectivity index (χ2n) is 7.04. The Morgan fingerprint density at radius 1 is 0.739 bits per heavy atom. The second kappa shape index (κ2) is 17.8. The fourth-order valence-corrected chi connectivity index (χ4v) is 3.26. The number of rotatable bonds is 17. The van der Waals surface area contributed by atoms with Gasteiger partial charge in [-0.1, -0.05) is 103 Å². The fourth-order valence-electron chi connectivity index (χ4n) is 3.26. The summed E-state index contributed by atoms with van der Waals surface area (Å²) >= 11 is 0. The lowest BCUT2D eigenvalue weighted by Crippen LogP contribution is -2.10. The van der Waals surface area contributed by atoms with Crippen LogP contribution in [0.5, 0.6) is 0 Å². The van der Waals surface area contributed by atoms with E-state index in [-0.39, 0.29) is 5.92 Å². The Kier molecular flexibility index (Phi) is 17.3. The predicted molar refractivity (Wildman–Crippen MR) is 104 cm³/mol. The van der Waals surface area contributed by atoms with Gasteiger partial charge in [0.15, 0.2) is 5.78 Å². The van der Waals surface area contributed by atoms with Gasteiger partial charge in [-0.15, -0.1) is 0 Å². The topological polar surface area (TPSA) is 17.1 Å². The van der Waals surface area contributed by atoms with Crippen LogP contribution >= 0.6 is 0 Å². The van der Waals surface area contributed by atoms with Crippen molar-refractivity contribution in [1.82, 2.24) is 0 Å². The van der Waals surface area contributed by atoms with Crippen molar-refractivity contribution in [2.24, 2.45) is 5.92 Å². The molecule has 1 atom stereocenters. The molecule has 0 aliphatic rings. The number of carbonyl (C=O) groups excluding carboxylic acids is 1. The van der Waals surface area contributed by atoms with Crippen molar-refractivity contribution in [2.45, 2.75) is 117 Å². The third-order valence-electron chi connectivity index (χ3n) is 4.88. The Morgan fingerprint density at radius 2 is 1.17 bits per heavy atom. The van der Waals surface area contributed by atoms with Gasteiger partial charge in [0.2, 0.25) is 0 Å². The molecule has 23 heavy (non-hydrogen) atoms. The van der Waals surface area contributed by atoms with Gasteiger partial charge in [0.05, 0.1) is 0 Å². The van der Waals surface area contributed by atoms with Crippen LogP contribution in [0, 0.1) is 5.92 Å². The van der Waals surface area contributed by atoms with Crippen molar-refractivity contribution in [1.29, 1.82) is 0 Å². The summed E-state index contributed by atoms with van der Waals surface area (Å²) in [6.45, 7) is 6.34. The highest BCUT2D eigenvalue weighted by Gasteiger charge is 2.12. The van der Waals surface area contributed by atoms with Crippen LogP contribution in [0.4, 0.5) is 0 Å². The van der Waals surface area contributed by atoms with E-state index >= 15 is 0 Å². The van der Waals surface area contributed by atoms with Gasteiger partial charge in [-0.25, -0.2) is 0 Å². The minimum Gasteiger partial charge on any atom is -0.295 e. The van der Waals surface area contributed by atoms with Crippen LogP contribution in [0.25, 0.3) is 0 Å². The molecular formula is C22H42O. The zero-order valence-corrected chi connectivity index (χ0v) is 16.2. The molecule has 0 amide bonds. The van der Waals surface area contributed by atoms with E-state index in [1.54, 1.807) is 6.08 Å². The molecule has 1 heteroatoms. The van der Waals surface area contributed by atoms with E-state index in [2.05, 4.69) is 13.8 Å². The molecule has 1 nitrogen and oxygen atoms in total. The predicted octanol–water partition coefficient (Wildman–Crippen LogP) is 7.64. The lowest BCUT2D eigenvalue weighted by Gasteiger charge is -2.11. The highest BCUT2D eigenvalue weighted by molar-refractivity contribution is 5.91. The van der Waals surface area contributed by atoms with Crippen molar-refractivity contribution >= 4 is 5.78 Å². The van der Waals surface area contributed by atoms with Crippen LogP contribution in [0.2, 0.25) is 0 Å². The molecule has 0 aromatic rings. The van der Waals surface area contributed by atoms with Crippen LogP contribution in [-0.2, 0) is 4.79 Å². The number of unbranched alkanes of at least 4 members (excludes halogenated alkanes) is 12. The SMILES string of the molecule is CC=CC(=O)C(CC)CCCCCCCCCCCCCCC. The summed E-state index contributed by atoms with van der Waals surface area (Å²) in [5, 5.41) is 0. The molecule has 0 aliphatic carbocycles. The maximum atomic E-state index is 11.8. The summed E-state index contributed by atoms with van der Waals surface area (Å²) < 4.78 is 0. The van der Waals surface area contributed by atoms with Gasteiger partial charge in [-0.2, -0.15) is 0 Å². The molecule has 1 unspecified atom stereocenters. The lowest BCUT2D eigenvalue weighted by molar-refractivity contribution is -0.118. The highest BCUT2D eigenvalue weighted by Crippen LogP contribution is 2.17. The zero-order valence-electron chi connectivity index (χ0n) is 16.2.